The van der Waals surface area contributed by atoms with Crippen LogP contribution in [0.4, 0.5) is 27.8 Å². The fourth-order valence-corrected chi connectivity index (χ4v) is 8.03. The van der Waals surface area contributed by atoms with Gasteiger partial charge in [0.1, 0.15) is 29.8 Å². The Morgan fingerprint density at radius 3 is 2.63 bits per heavy atom. The zero-order valence-corrected chi connectivity index (χ0v) is 24.3. The molecule has 0 saturated carbocycles. The lowest BCUT2D eigenvalue weighted by Gasteiger charge is -2.36. The first-order valence-corrected chi connectivity index (χ1v) is 15.0. The number of nitrogens with two attached hydrogens (primary N) is 1. The molecular weight excluding hydrogens is 593 g/mol. The number of dihydropyridines is 1. The molecule has 0 spiro atoms. The molecule has 6 heterocycles. The maximum Gasteiger partial charge on any atom is 0.418 e. The van der Waals surface area contributed by atoms with Crippen molar-refractivity contribution in [3.05, 3.63) is 45.9 Å². The van der Waals surface area contributed by atoms with E-state index in [-0.39, 0.29) is 46.4 Å². The van der Waals surface area contributed by atoms with Crippen LogP contribution in [0.25, 0.3) is 10.9 Å². The molecule has 7 rings (SSSR count). The van der Waals surface area contributed by atoms with E-state index in [0.29, 0.717) is 37.3 Å². The Kier molecular flexibility index (Phi) is 6.84. The predicted molar refractivity (Wildman–Crippen MR) is 152 cm³/mol. The first-order valence-electron chi connectivity index (χ1n) is 14.6. The lowest BCUT2D eigenvalue weighted by molar-refractivity contribution is -0.0901. The zero-order valence-electron chi connectivity index (χ0n) is 23.6. The minimum atomic E-state index is -4.62. The zero-order chi connectivity index (χ0) is 30.3. The number of benzene rings is 1. The number of allylic oxidation sites excluding steroid dienone is 2. The Hall–Kier alpha value is -2.74. The molecule has 2 aromatic rings. The summed E-state index contributed by atoms with van der Waals surface area (Å²) in [6.07, 6.45) is 0.372. The lowest BCUT2D eigenvalue weighted by Crippen LogP contribution is -2.51. The van der Waals surface area contributed by atoms with E-state index in [1.54, 1.807) is 0 Å². The first kappa shape index (κ1) is 29.0. The van der Waals surface area contributed by atoms with Crippen molar-refractivity contribution in [1.82, 2.24) is 25.5 Å². The second kappa shape index (κ2) is 10.1. The smallest absolute Gasteiger partial charge is 0.418 e. The van der Waals surface area contributed by atoms with Crippen molar-refractivity contribution in [3.63, 3.8) is 0 Å². The maximum atomic E-state index is 16.6. The van der Waals surface area contributed by atoms with Crippen LogP contribution in [0.1, 0.15) is 44.6 Å². The summed E-state index contributed by atoms with van der Waals surface area (Å²) in [5.41, 5.74) is 2.71. The monoisotopic (exact) mass is 625 g/mol. The van der Waals surface area contributed by atoms with Crippen LogP contribution in [0, 0.1) is 5.82 Å². The summed E-state index contributed by atoms with van der Waals surface area (Å²) in [7, 11) is 0. The van der Waals surface area contributed by atoms with E-state index in [9.17, 15) is 17.6 Å². The number of hydrogen-bond donors (Lipinski definition) is 3. The van der Waals surface area contributed by atoms with E-state index in [4.69, 9.17) is 27.1 Å². The summed E-state index contributed by atoms with van der Waals surface area (Å²) in [5.74, 6) is -0.433. The van der Waals surface area contributed by atoms with E-state index in [0.717, 1.165) is 44.5 Å². The second-order valence-corrected chi connectivity index (χ2v) is 13.0. The Morgan fingerprint density at radius 1 is 1.19 bits per heavy atom. The molecule has 5 aliphatic rings. The number of aromatic nitrogens is 2. The molecule has 5 atom stereocenters. The maximum absolute atomic E-state index is 16.6. The fraction of sp³-hybridized carbons (Fsp3) is 0.586. The number of nitrogens with one attached hydrogen (secondary N) is 2. The van der Waals surface area contributed by atoms with Gasteiger partial charge in [0, 0.05) is 49.7 Å². The Bertz CT molecular complexity index is 1520. The largest absolute Gasteiger partial charge is 0.461 e. The van der Waals surface area contributed by atoms with Crippen LogP contribution in [0.15, 0.2) is 29.5 Å². The molecule has 0 aliphatic carbocycles. The van der Waals surface area contributed by atoms with Gasteiger partial charge in [-0.25, -0.2) is 8.78 Å². The molecule has 8 nitrogen and oxygen atoms in total. The number of rotatable bonds is 5. The highest BCUT2D eigenvalue weighted by Gasteiger charge is 2.49. The van der Waals surface area contributed by atoms with E-state index < -0.39 is 34.9 Å². The Morgan fingerprint density at radius 2 is 1.93 bits per heavy atom. The van der Waals surface area contributed by atoms with Crippen molar-refractivity contribution >= 4 is 28.3 Å². The van der Waals surface area contributed by atoms with Gasteiger partial charge >= 0.3 is 12.2 Å². The van der Waals surface area contributed by atoms with Crippen LogP contribution >= 0.6 is 11.6 Å². The molecule has 0 radical (unpaired) electrons. The summed E-state index contributed by atoms with van der Waals surface area (Å²) in [5, 5.41) is 6.34. The number of alkyl halides is 4. The minimum absolute atomic E-state index is 0.0577. The van der Waals surface area contributed by atoms with E-state index in [1.807, 2.05) is 0 Å². The number of anilines is 1. The van der Waals surface area contributed by atoms with Gasteiger partial charge in [-0.1, -0.05) is 11.6 Å². The van der Waals surface area contributed by atoms with Crippen LogP contribution in [0.2, 0.25) is 5.02 Å². The number of fused-ring (bicyclic) bond motifs is 4. The molecule has 0 amide bonds. The number of piperazine rings is 1. The van der Waals surface area contributed by atoms with Gasteiger partial charge in [-0.2, -0.15) is 23.1 Å². The van der Waals surface area contributed by atoms with Gasteiger partial charge in [0.15, 0.2) is 5.82 Å². The Balaban J connectivity index is 1.31. The van der Waals surface area contributed by atoms with Crippen molar-refractivity contribution in [1.29, 1.82) is 0 Å². The van der Waals surface area contributed by atoms with Gasteiger partial charge in [0.05, 0.1) is 21.7 Å². The number of hydrogen-bond acceptors (Lipinski definition) is 8. The number of ether oxygens (including phenoxy) is 1. The van der Waals surface area contributed by atoms with Crippen molar-refractivity contribution in [2.24, 2.45) is 5.73 Å². The Labute approximate surface area is 250 Å². The molecule has 1 aromatic heterocycles. The quantitative estimate of drug-likeness (QED) is 0.421. The van der Waals surface area contributed by atoms with Crippen LogP contribution in [0.3, 0.4) is 0 Å². The third kappa shape index (κ3) is 4.92. The molecule has 1 aromatic carbocycles. The molecule has 3 unspecified atom stereocenters. The van der Waals surface area contributed by atoms with Crippen molar-refractivity contribution < 1.29 is 26.7 Å². The van der Waals surface area contributed by atoms with Crippen LogP contribution < -0.4 is 26.0 Å². The average Bonchev–Trinajstić information content (AvgIpc) is 3.56. The first-order chi connectivity index (χ1) is 20.3. The van der Waals surface area contributed by atoms with E-state index >= 15 is 4.39 Å². The highest BCUT2D eigenvalue weighted by molar-refractivity contribution is 6.32. The van der Waals surface area contributed by atoms with Crippen molar-refractivity contribution in [2.45, 2.75) is 74.7 Å². The summed E-state index contributed by atoms with van der Waals surface area (Å²) in [4.78, 5) is 13.4. The van der Waals surface area contributed by atoms with Crippen LogP contribution in [-0.4, -0.2) is 77.6 Å². The molecular formula is C29H33ClF5N7O. The molecule has 5 aliphatic heterocycles. The van der Waals surface area contributed by atoms with Gasteiger partial charge in [-0.15, -0.1) is 0 Å². The van der Waals surface area contributed by atoms with Crippen molar-refractivity contribution in [2.75, 3.05) is 37.7 Å². The molecule has 4 fully saturated rings. The number of nitrogens with zero attached hydrogens (tertiary/aromatic N) is 4. The van der Waals surface area contributed by atoms with Crippen LogP contribution in [0.5, 0.6) is 6.01 Å². The summed E-state index contributed by atoms with van der Waals surface area (Å²) < 4.78 is 77.6. The highest BCUT2D eigenvalue weighted by Crippen LogP contribution is 2.43. The third-order valence-electron chi connectivity index (χ3n) is 9.63. The molecule has 4 saturated heterocycles. The SMILES string of the molecule is CC1=CC(N)(c2c(Cl)cc3c(N4CC5CCC(C4)N5)nc(OC[C@]45CCCN4C[C@H](F)C5)nc3c2F)NC=C1C(F)(F)F. The molecule has 232 valence electrons. The van der Waals surface area contributed by atoms with Crippen LogP contribution in [-0.2, 0) is 5.66 Å². The standard InChI is InChI=1S/C29H33ClF5N7O/c1-15-8-28(36,37-10-20(15)29(33,34)35)22-21(30)7-19-24(23(22)32)39-26(40-25(19)41-12-17-3-4-18(13-41)38-17)43-14-27-5-2-6-42(27)11-16(31)9-27/h7-8,10,16-18,37-38H,2-6,9,11-14,36H2,1H3/t16-,17?,18?,27-,28?/m1/s1. The summed E-state index contributed by atoms with van der Waals surface area (Å²) in [6.45, 7) is 3.84. The predicted octanol–water partition coefficient (Wildman–Crippen LogP) is 4.43. The normalized spacial score (nSPS) is 32.6. The highest BCUT2D eigenvalue weighted by atomic mass is 35.5. The molecule has 4 N–H and O–H groups in total. The van der Waals surface area contributed by atoms with Gasteiger partial charge in [0.2, 0.25) is 0 Å². The third-order valence-corrected chi connectivity index (χ3v) is 9.93. The number of halogens is 6. The van der Waals surface area contributed by atoms with Crippen molar-refractivity contribution in [3.8, 4) is 6.01 Å². The summed E-state index contributed by atoms with van der Waals surface area (Å²) in [6, 6.07) is 1.96. The second-order valence-electron chi connectivity index (χ2n) is 12.6. The molecule has 2 bridgehead atoms. The molecule has 14 heteroatoms. The molecule has 43 heavy (non-hydrogen) atoms. The lowest BCUT2D eigenvalue weighted by atomic mass is 9.91. The fourth-order valence-electron chi connectivity index (χ4n) is 7.68. The van der Waals surface area contributed by atoms with E-state index in [2.05, 4.69) is 25.4 Å². The summed E-state index contributed by atoms with van der Waals surface area (Å²) >= 11 is 6.66. The van der Waals surface area contributed by atoms with E-state index in [1.165, 1.54) is 13.0 Å². The van der Waals surface area contributed by atoms with Gasteiger partial charge in [-0.3, -0.25) is 4.90 Å². The van der Waals surface area contributed by atoms with Gasteiger partial charge < -0.3 is 26.0 Å². The average molecular weight is 626 g/mol. The van der Waals surface area contributed by atoms with Gasteiger partial charge in [0.25, 0.3) is 0 Å². The topological polar surface area (TPSA) is 91.6 Å². The minimum Gasteiger partial charge on any atom is -0.461 e. The van der Waals surface area contributed by atoms with Gasteiger partial charge in [-0.05, 0) is 56.9 Å².